The van der Waals surface area contributed by atoms with Crippen LogP contribution < -0.4 is 10.2 Å². The van der Waals surface area contributed by atoms with Crippen LogP contribution in [0.3, 0.4) is 0 Å². The molecule has 0 aromatic carbocycles. The van der Waals surface area contributed by atoms with Crippen LogP contribution in [0.5, 0.6) is 0 Å². The Morgan fingerprint density at radius 1 is 1.21 bits per heavy atom. The van der Waals surface area contributed by atoms with Crippen LogP contribution in [-0.2, 0) is 6.18 Å². The smallest absolute Gasteiger partial charge is 0.356 e. The molecule has 1 fully saturated rings. The number of carbonyl (C=O) groups is 1. The Hall–Kier alpha value is -2.69. The minimum Gasteiger partial charge on any atom is -0.356 e. The number of aromatic nitrogens is 4. The third-order valence-electron chi connectivity index (χ3n) is 4.79. The fourth-order valence-corrected chi connectivity index (χ4v) is 4.15. The van der Waals surface area contributed by atoms with Crippen LogP contribution in [0.4, 0.5) is 19.0 Å². The fraction of sp³-hybridized carbons (Fsp3) is 0.444. The van der Waals surface area contributed by atoms with Crippen LogP contribution >= 0.6 is 11.3 Å². The number of thiophene rings is 1. The topological polar surface area (TPSA) is 75.4 Å². The highest BCUT2D eigenvalue weighted by Gasteiger charge is 2.37. The zero-order valence-electron chi connectivity index (χ0n) is 15.8. The van der Waals surface area contributed by atoms with Crippen LogP contribution in [0.1, 0.15) is 38.9 Å². The van der Waals surface area contributed by atoms with Gasteiger partial charge in [0.25, 0.3) is 17.5 Å². The van der Waals surface area contributed by atoms with Crippen LogP contribution in [0.2, 0.25) is 0 Å². The predicted molar refractivity (Wildman–Crippen MR) is 102 cm³/mol. The molecule has 4 heterocycles. The van der Waals surface area contributed by atoms with E-state index in [-0.39, 0.29) is 17.7 Å². The van der Waals surface area contributed by atoms with Crippen molar-refractivity contribution in [3.05, 3.63) is 39.5 Å². The number of hydrogen-bond donors (Lipinski definition) is 1. The van der Waals surface area contributed by atoms with Gasteiger partial charge in [0.15, 0.2) is 0 Å². The SMILES string of the molecule is Cc1cc(N2CCC(NC(=O)c3ccc(C)s3)CC2)n2nc(C(F)(F)F)nc2n1. The molecule has 154 valence electrons. The summed E-state index contributed by atoms with van der Waals surface area (Å²) < 4.78 is 40.1. The van der Waals surface area contributed by atoms with Gasteiger partial charge in [-0.05, 0) is 38.8 Å². The van der Waals surface area contributed by atoms with Crippen molar-refractivity contribution in [2.45, 2.75) is 38.9 Å². The number of anilines is 1. The van der Waals surface area contributed by atoms with Crippen molar-refractivity contribution in [1.29, 1.82) is 0 Å². The zero-order chi connectivity index (χ0) is 20.8. The number of aryl methyl sites for hydroxylation is 2. The number of halogens is 3. The summed E-state index contributed by atoms with van der Waals surface area (Å²) in [6, 6.07) is 5.44. The Morgan fingerprint density at radius 3 is 2.55 bits per heavy atom. The molecule has 0 spiro atoms. The number of fused-ring (bicyclic) bond motifs is 1. The average molecular weight is 424 g/mol. The molecule has 4 rings (SSSR count). The Labute approximate surface area is 168 Å². The van der Waals surface area contributed by atoms with E-state index in [9.17, 15) is 18.0 Å². The van der Waals surface area contributed by atoms with E-state index in [0.717, 1.165) is 9.39 Å². The van der Waals surface area contributed by atoms with E-state index in [0.29, 0.717) is 42.3 Å². The lowest BCUT2D eigenvalue weighted by atomic mass is 10.0. The van der Waals surface area contributed by atoms with Gasteiger partial charge >= 0.3 is 6.18 Å². The minimum absolute atomic E-state index is 0.0149. The fourth-order valence-electron chi connectivity index (χ4n) is 3.38. The van der Waals surface area contributed by atoms with E-state index >= 15 is 0 Å². The van der Waals surface area contributed by atoms with Gasteiger partial charge in [0.2, 0.25) is 0 Å². The van der Waals surface area contributed by atoms with Crippen molar-refractivity contribution in [3.8, 4) is 0 Å². The Balaban J connectivity index is 1.49. The van der Waals surface area contributed by atoms with Crippen molar-refractivity contribution in [1.82, 2.24) is 24.9 Å². The maximum Gasteiger partial charge on any atom is 0.453 e. The minimum atomic E-state index is -4.63. The number of hydrogen-bond acceptors (Lipinski definition) is 6. The molecule has 0 saturated carbocycles. The van der Waals surface area contributed by atoms with Crippen molar-refractivity contribution in [2.75, 3.05) is 18.0 Å². The van der Waals surface area contributed by atoms with Gasteiger partial charge in [-0.25, -0.2) is 4.98 Å². The molecule has 7 nitrogen and oxygen atoms in total. The maximum absolute atomic E-state index is 13.0. The van der Waals surface area contributed by atoms with Gasteiger partial charge in [0.1, 0.15) is 5.82 Å². The number of alkyl halides is 3. The van der Waals surface area contributed by atoms with Gasteiger partial charge in [-0.15, -0.1) is 16.4 Å². The Kier molecular flexibility index (Phi) is 4.93. The number of piperidine rings is 1. The molecule has 0 atom stereocenters. The summed E-state index contributed by atoms with van der Waals surface area (Å²) in [5, 5.41) is 6.66. The molecule has 0 radical (unpaired) electrons. The van der Waals surface area contributed by atoms with E-state index in [2.05, 4.69) is 20.4 Å². The summed E-state index contributed by atoms with van der Waals surface area (Å²) in [5.41, 5.74) is 0.567. The molecule has 11 heteroatoms. The van der Waals surface area contributed by atoms with Crippen molar-refractivity contribution in [2.24, 2.45) is 0 Å². The van der Waals surface area contributed by atoms with Gasteiger partial charge in [0.05, 0.1) is 4.88 Å². The summed E-state index contributed by atoms with van der Waals surface area (Å²) in [5.74, 6) is -0.843. The van der Waals surface area contributed by atoms with Crippen LogP contribution in [0.15, 0.2) is 18.2 Å². The number of rotatable bonds is 3. The maximum atomic E-state index is 13.0. The molecule has 1 N–H and O–H groups in total. The molecule has 1 aliphatic rings. The van der Waals surface area contributed by atoms with Crippen molar-refractivity contribution in [3.63, 3.8) is 0 Å². The first-order valence-electron chi connectivity index (χ1n) is 9.14. The molecule has 3 aromatic rings. The third-order valence-corrected chi connectivity index (χ3v) is 5.79. The lowest BCUT2D eigenvalue weighted by Gasteiger charge is -2.33. The largest absolute Gasteiger partial charge is 0.453 e. The van der Waals surface area contributed by atoms with Crippen LogP contribution in [0, 0.1) is 13.8 Å². The molecule has 1 saturated heterocycles. The second kappa shape index (κ2) is 7.29. The lowest BCUT2D eigenvalue weighted by Crippen LogP contribution is -2.45. The molecule has 1 amide bonds. The summed E-state index contributed by atoms with van der Waals surface area (Å²) in [7, 11) is 0. The van der Waals surface area contributed by atoms with E-state index in [4.69, 9.17) is 0 Å². The van der Waals surface area contributed by atoms with Crippen molar-refractivity contribution >= 4 is 28.8 Å². The quantitative estimate of drug-likeness (QED) is 0.699. The lowest BCUT2D eigenvalue weighted by molar-refractivity contribution is -0.144. The monoisotopic (exact) mass is 424 g/mol. The Morgan fingerprint density at radius 2 is 1.93 bits per heavy atom. The van der Waals surface area contributed by atoms with Crippen LogP contribution in [-0.4, -0.2) is 44.6 Å². The van der Waals surface area contributed by atoms with E-state index in [1.54, 1.807) is 13.0 Å². The van der Waals surface area contributed by atoms with Gasteiger partial charge in [-0.1, -0.05) is 0 Å². The van der Waals surface area contributed by atoms with Gasteiger partial charge in [0, 0.05) is 35.8 Å². The number of nitrogens with zero attached hydrogens (tertiary/aromatic N) is 5. The van der Waals surface area contributed by atoms with Gasteiger partial charge in [-0.3, -0.25) is 4.79 Å². The second-order valence-electron chi connectivity index (χ2n) is 7.05. The van der Waals surface area contributed by atoms with Crippen molar-refractivity contribution < 1.29 is 18.0 Å². The molecule has 0 unspecified atom stereocenters. The first-order valence-corrected chi connectivity index (χ1v) is 9.96. The molecule has 0 aliphatic carbocycles. The van der Waals surface area contributed by atoms with E-state index in [1.807, 2.05) is 24.0 Å². The zero-order valence-corrected chi connectivity index (χ0v) is 16.6. The molecular formula is C18H19F3N6OS. The first-order chi connectivity index (χ1) is 13.7. The van der Waals surface area contributed by atoms with Gasteiger partial charge in [-0.2, -0.15) is 22.7 Å². The second-order valence-corrected chi connectivity index (χ2v) is 8.33. The molecular weight excluding hydrogens is 405 g/mol. The normalized spacial score (nSPS) is 15.8. The molecule has 29 heavy (non-hydrogen) atoms. The number of carbonyl (C=O) groups excluding carboxylic acids is 1. The standard InChI is InChI=1S/C18H19F3N6OS/c1-10-9-14(27-17(22-10)24-16(25-27)18(19,20)21)26-7-5-12(6-8-26)23-15(28)13-4-3-11(2)29-13/h3-4,9,12H,5-8H2,1-2H3,(H,23,28). The summed E-state index contributed by atoms with van der Waals surface area (Å²) in [6.07, 6.45) is -3.27. The highest BCUT2D eigenvalue weighted by molar-refractivity contribution is 7.13. The third kappa shape index (κ3) is 4.04. The van der Waals surface area contributed by atoms with Crippen LogP contribution in [0.25, 0.3) is 5.78 Å². The molecule has 1 aliphatic heterocycles. The first kappa shape index (κ1) is 19.6. The average Bonchev–Trinajstić information content (AvgIpc) is 3.28. The molecule has 3 aromatic heterocycles. The highest BCUT2D eigenvalue weighted by Crippen LogP contribution is 2.28. The summed E-state index contributed by atoms with van der Waals surface area (Å²) in [4.78, 5) is 23.6. The molecule has 0 bridgehead atoms. The summed E-state index contributed by atoms with van der Waals surface area (Å²) in [6.45, 7) is 4.81. The number of amides is 1. The van der Waals surface area contributed by atoms with E-state index < -0.39 is 12.0 Å². The number of nitrogens with one attached hydrogen (secondary N) is 1. The van der Waals surface area contributed by atoms with Gasteiger partial charge < -0.3 is 10.2 Å². The van der Waals surface area contributed by atoms with E-state index in [1.165, 1.54) is 11.3 Å². The Bertz CT molecular complexity index is 1050. The highest BCUT2D eigenvalue weighted by atomic mass is 32.1. The predicted octanol–water partition coefficient (Wildman–Crippen LogP) is 3.22. The summed E-state index contributed by atoms with van der Waals surface area (Å²) >= 11 is 1.45.